The van der Waals surface area contributed by atoms with Gasteiger partial charge < -0.3 is 15.0 Å². The molecule has 7 heteroatoms. The zero-order valence-electron chi connectivity index (χ0n) is 17.9. The van der Waals surface area contributed by atoms with Crippen LogP contribution in [0.2, 0.25) is 0 Å². The molecule has 1 saturated carbocycles. The van der Waals surface area contributed by atoms with Gasteiger partial charge in [0, 0.05) is 19.0 Å². The molecule has 1 heterocycles. The number of carbonyl (C=O) groups is 3. The first-order valence-electron chi connectivity index (χ1n) is 10.4. The third-order valence-electron chi connectivity index (χ3n) is 5.46. The van der Waals surface area contributed by atoms with Crippen LogP contribution in [0.15, 0.2) is 30.3 Å². The maximum atomic E-state index is 12.9. The van der Waals surface area contributed by atoms with Crippen LogP contribution in [0.1, 0.15) is 64.3 Å². The molecule has 2 aromatic rings. The molecule has 0 aliphatic heterocycles. The summed E-state index contributed by atoms with van der Waals surface area (Å²) in [7, 11) is 0. The van der Waals surface area contributed by atoms with E-state index < -0.39 is 5.97 Å². The number of carbonyl (C=O) groups excluding carboxylic acids is 3. The first kappa shape index (κ1) is 22.0. The van der Waals surface area contributed by atoms with Gasteiger partial charge in [0.25, 0.3) is 5.91 Å². The topological polar surface area (TPSA) is 75.7 Å². The van der Waals surface area contributed by atoms with Gasteiger partial charge in [-0.3, -0.25) is 9.59 Å². The summed E-state index contributed by atoms with van der Waals surface area (Å²) >= 11 is 1.15. The Balaban J connectivity index is 1.86. The van der Waals surface area contributed by atoms with Crippen LogP contribution in [0, 0.1) is 12.8 Å². The van der Waals surface area contributed by atoms with Crippen LogP contribution in [-0.2, 0) is 9.53 Å². The fraction of sp³-hybridized carbons (Fsp3) is 0.435. The summed E-state index contributed by atoms with van der Waals surface area (Å²) < 4.78 is 5.20. The fourth-order valence-corrected chi connectivity index (χ4v) is 4.83. The molecule has 1 aromatic heterocycles. The summed E-state index contributed by atoms with van der Waals surface area (Å²) in [4.78, 5) is 40.5. The lowest BCUT2D eigenvalue weighted by Crippen LogP contribution is -2.30. The SMILES string of the molecule is CCOC(=O)c1c(NC(=O)C2CC2c2ccccc2)sc(C(=O)N(CC)CC)c1C. The van der Waals surface area contributed by atoms with Crippen molar-refractivity contribution >= 4 is 34.1 Å². The van der Waals surface area contributed by atoms with Crippen LogP contribution in [0.25, 0.3) is 0 Å². The van der Waals surface area contributed by atoms with E-state index in [2.05, 4.69) is 5.32 Å². The van der Waals surface area contributed by atoms with Crippen molar-refractivity contribution in [2.75, 3.05) is 25.0 Å². The lowest BCUT2D eigenvalue weighted by molar-refractivity contribution is -0.117. The maximum Gasteiger partial charge on any atom is 0.341 e. The molecule has 0 radical (unpaired) electrons. The van der Waals surface area contributed by atoms with E-state index in [1.54, 1.807) is 18.7 Å². The standard InChI is InChI=1S/C23H28N2O4S/c1-5-25(6-2)22(27)19-14(4)18(23(28)29-7-3)21(30-19)24-20(26)17-13-16(17)15-11-9-8-10-12-15/h8-12,16-17H,5-7,13H2,1-4H3,(H,24,26). The van der Waals surface area contributed by atoms with Crippen molar-refractivity contribution in [1.82, 2.24) is 4.90 Å². The number of hydrogen-bond acceptors (Lipinski definition) is 5. The van der Waals surface area contributed by atoms with Gasteiger partial charge in [-0.2, -0.15) is 0 Å². The number of anilines is 1. The van der Waals surface area contributed by atoms with Gasteiger partial charge in [-0.15, -0.1) is 11.3 Å². The quantitative estimate of drug-likeness (QED) is 0.630. The molecule has 1 N–H and O–H groups in total. The number of amides is 2. The maximum absolute atomic E-state index is 12.9. The molecule has 6 nitrogen and oxygen atoms in total. The second-order valence-corrected chi connectivity index (χ2v) is 8.33. The van der Waals surface area contributed by atoms with E-state index in [1.165, 1.54) is 0 Å². The van der Waals surface area contributed by atoms with Crippen LogP contribution in [0.5, 0.6) is 0 Å². The summed E-state index contributed by atoms with van der Waals surface area (Å²) in [6.45, 7) is 8.66. The Bertz CT molecular complexity index is 934. The number of rotatable bonds is 8. The molecule has 2 atom stereocenters. The van der Waals surface area contributed by atoms with Crippen molar-refractivity contribution in [1.29, 1.82) is 0 Å². The zero-order valence-corrected chi connectivity index (χ0v) is 18.7. The van der Waals surface area contributed by atoms with Crippen LogP contribution in [-0.4, -0.2) is 42.4 Å². The average molecular weight is 429 g/mol. The fourth-order valence-electron chi connectivity index (χ4n) is 3.67. The van der Waals surface area contributed by atoms with Gasteiger partial charge in [0.1, 0.15) is 5.00 Å². The van der Waals surface area contributed by atoms with E-state index in [0.29, 0.717) is 28.5 Å². The van der Waals surface area contributed by atoms with E-state index in [9.17, 15) is 14.4 Å². The first-order valence-corrected chi connectivity index (χ1v) is 11.2. The van der Waals surface area contributed by atoms with Crippen LogP contribution in [0.3, 0.4) is 0 Å². The van der Waals surface area contributed by atoms with E-state index in [4.69, 9.17) is 4.74 Å². The van der Waals surface area contributed by atoms with Crippen LogP contribution < -0.4 is 5.32 Å². The van der Waals surface area contributed by atoms with Crippen LogP contribution >= 0.6 is 11.3 Å². The van der Waals surface area contributed by atoms with E-state index >= 15 is 0 Å². The van der Waals surface area contributed by atoms with Gasteiger partial charge in [0.15, 0.2) is 0 Å². The number of benzene rings is 1. The number of hydrogen-bond donors (Lipinski definition) is 1. The molecule has 3 rings (SSSR count). The minimum Gasteiger partial charge on any atom is -0.462 e. The number of ether oxygens (including phenoxy) is 1. The lowest BCUT2D eigenvalue weighted by Gasteiger charge is -2.18. The molecule has 0 saturated heterocycles. The number of nitrogens with zero attached hydrogens (tertiary/aromatic N) is 1. The minimum absolute atomic E-state index is 0.127. The third-order valence-corrected chi connectivity index (χ3v) is 6.66. The highest BCUT2D eigenvalue weighted by Crippen LogP contribution is 2.48. The molecule has 160 valence electrons. The van der Waals surface area contributed by atoms with Crippen LogP contribution in [0.4, 0.5) is 5.00 Å². The molecule has 1 aliphatic carbocycles. The Morgan fingerprint density at radius 3 is 2.40 bits per heavy atom. The highest BCUT2D eigenvalue weighted by atomic mass is 32.1. The molecule has 0 spiro atoms. The Kier molecular flexibility index (Phi) is 6.92. The van der Waals surface area contributed by atoms with Gasteiger partial charge in [-0.1, -0.05) is 30.3 Å². The Labute approximate surface area is 181 Å². The van der Waals surface area contributed by atoms with Crippen molar-refractivity contribution in [3.05, 3.63) is 51.9 Å². The van der Waals surface area contributed by atoms with Crippen molar-refractivity contribution in [3.63, 3.8) is 0 Å². The highest BCUT2D eigenvalue weighted by molar-refractivity contribution is 7.18. The zero-order chi connectivity index (χ0) is 21.8. The monoisotopic (exact) mass is 428 g/mol. The molecule has 1 aliphatic rings. The van der Waals surface area contributed by atoms with Crippen molar-refractivity contribution in [2.45, 2.75) is 40.0 Å². The van der Waals surface area contributed by atoms with Gasteiger partial charge >= 0.3 is 5.97 Å². The molecule has 2 amide bonds. The molecule has 0 bridgehead atoms. The Morgan fingerprint density at radius 2 is 1.80 bits per heavy atom. The molecule has 1 aromatic carbocycles. The van der Waals surface area contributed by atoms with Crippen molar-refractivity contribution < 1.29 is 19.1 Å². The average Bonchev–Trinajstić information content (AvgIpc) is 3.48. The predicted octanol–water partition coefficient (Wildman–Crippen LogP) is 4.46. The van der Waals surface area contributed by atoms with Gasteiger partial charge in [0.2, 0.25) is 5.91 Å². The molecule has 30 heavy (non-hydrogen) atoms. The second-order valence-electron chi connectivity index (χ2n) is 7.31. The number of nitrogens with one attached hydrogen (secondary N) is 1. The minimum atomic E-state index is -0.518. The summed E-state index contributed by atoms with van der Waals surface area (Å²) in [6, 6.07) is 9.94. The van der Waals surface area contributed by atoms with Gasteiger partial charge in [0.05, 0.1) is 17.0 Å². The summed E-state index contributed by atoms with van der Waals surface area (Å²) in [5.41, 5.74) is 1.98. The molecular weight excluding hydrogens is 400 g/mol. The van der Waals surface area contributed by atoms with E-state index in [-0.39, 0.29) is 35.8 Å². The van der Waals surface area contributed by atoms with Gasteiger partial charge in [-0.05, 0) is 51.2 Å². The smallest absolute Gasteiger partial charge is 0.341 e. The summed E-state index contributed by atoms with van der Waals surface area (Å²) in [5.74, 6) is -0.725. The molecule has 1 fully saturated rings. The lowest BCUT2D eigenvalue weighted by atomic mass is 10.1. The second kappa shape index (κ2) is 9.43. The largest absolute Gasteiger partial charge is 0.462 e. The number of esters is 1. The predicted molar refractivity (Wildman–Crippen MR) is 118 cm³/mol. The van der Waals surface area contributed by atoms with Gasteiger partial charge in [-0.25, -0.2) is 4.79 Å². The van der Waals surface area contributed by atoms with E-state index in [1.807, 2.05) is 44.2 Å². The highest BCUT2D eigenvalue weighted by Gasteiger charge is 2.44. The molecular formula is C23H28N2O4S. The third kappa shape index (κ3) is 4.41. The Morgan fingerprint density at radius 1 is 1.13 bits per heavy atom. The van der Waals surface area contributed by atoms with E-state index in [0.717, 1.165) is 23.3 Å². The number of thiophene rings is 1. The molecule has 2 unspecified atom stereocenters. The van der Waals surface area contributed by atoms with Crippen molar-refractivity contribution in [3.8, 4) is 0 Å². The normalized spacial score (nSPS) is 17.3. The Hall–Kier alpha value is -2.67. The summed E-state index contributed by atoms with van der Waals surface area (Å²) in [6.07, 6.45) is 0.778. The summed E-state index contributed by atoms with van der Waals surface area (Å²) in [5, 5.41) is 3.30. The van der Waals surface area contributed by atoms with Crippen molar-refractivity contribution in [2.24, 2.45) is 5.92 Å². The first-order chi connectivity index (χ1) is 14.4.